The van der Waals surface area contributed by atoms with Crippen molar-refractivity contribution in [2.24, 2.45) is 110 Å². The summed E-state index contributed by atoms with van der Waals surface area (Å²) < 4.78 is 0. The molecule has 1 fully saturated rings. The summed E-state index contributed by atoms with van der Waals surface area (Å²) in [5, 5.41) is 42.8. The molecule has 0 spiro atoms. The van der Waals surface area contributed by atoms with Crippen LogP contribution in [0.25, 0.3) is 0 Å². The minimum atomic E-state index is -1.50. The van der Waals surface area contributed by atoms with Gasteiger partial charge in [-0.05, 0) is 127 Å². The highest BCUT2D eigenvalue weighted by molar-refractivity contribution is 5.99. The number of carboxylic acid groups (broad SMARTS) is 1. The average molecular weight is 1440 g/mol. The summed E-state index contributed by atoms with van der Waals surface area (Å²) in [6.07, 6.45) is 0.453. The number of carbonyl (C=O) groups excluding carboxylic acids is 10. The van der Waals surface area contributed by atoms with Crippen LogP contribution in [0.3, 0.4) is 0 Å². The van der Waals surface area contributed by atoms with E-state index in [0.717, 1.165) is 0 Å². The molecule has 1 saturated heterocycles. The molecule has 0 aromatic heterocycles. The second kappa shape index (κ2) is 46.2. The van der Waals surface area contributed by atoms with E-state index in [1.807, 2.05) is 0 Å². The van der Waals surface area contributed by atoms with Crippen molar-refractivity contribution in [2.75, 3.05) is 52.4 Å². The van der Waals surface area contributed by atoms with E-state index < -0.39 is 138 Å². The first-order valence-corrected chi connectivity index (χ1v) is 33.2. The summed E-state index contributed by atoms with van der Waals surface area (Å²) in [5.74, 6) is -11.9. The Morgan fingerprint density at radius 3 is 1.18 bits per heavy atom. The molecule has 1 aliphatic rings. The monoisotopic (exact) mass is 1440 g/mol. The van der Waals surface area contributed by atoms with E-state index in [4.69, 9.17) is 74.5 Å². The third-order valence-corrected chi connectivity index (χ3v) is 15.5. The lowest BCUT2D eigenvalue weighted by Crippen LogP contribution is -2.60. The molecule has 1 aliphatic heterocycles. The lowest BCUT2D eigenvalue weighted by molar-refractivity contribution is -0.143. The van der Waals surface area contributed by atoms with Gasteiger partial charge in [-0.25, -0.2) is 4.79 Å². The highest BCUT2D eigenvalue weighted by Crippen LogP contribution is 2.19. The third kappa shape index (κ3) is 35.0. The SMILES string of the molecule is CC(C)[C@H](NC(=O)[C@H](CCCN=C(N)N)NC(=O)[C@H](C)NC(=O)[C@@H](N)Cc1ccc(O)cc1)C(=O)N[C@@H](CCCN=C(N)N)C(=O)N[C@@H](CCCN=C(N)N)C(=O)N[C@@H](CCCN=C(N)N)C(=O)NCC(=O)N1CCC[C@H]1C(=O)N[C@@H](CCCN=C(N)N)C(=O)N[C@@H](CCCN=C(N)N)C(=O)O. The normalized spacial score (nSPS) is 15.0. The van der Waals surface area contributed by atoms with Crippen LogP contribution < -0.4 is 122 Å². The van der Waals surface area contributed by atoms with Crippen LogP contribution in [-0.2, 0) is 59.2 Å². The van der Waals surface area contributed by atoms with E-state index >= 15 is 0 Å². The molecule has 1 heterocycles. The summed E-state index contributed by atoms with van der Waals surface area (Å²) >= 11 is 0. The number of nitrogens with zero attached hydrogens (tertiary/aromatic N) is 7. The Morgan fingerprint density at radius 1 is 0.451 bits per heavy atom. The van der Waals surface area contributed by atoms with Gasteiger partial charge in [0.05, 0.1) is 12.6 Å². The Balaban J connectivity index is 2.48. The zero-order chi connectivity index (χ0) is 76.6. The Morgan fingerprint density at radius 2 is 0.794 bits per heavy atom. The van der Waals surface area contributed by atoms with E-state index in [1.165, 1.54) is 24.0 Å². The fourth-order valence-corrected chi connectivity index (χ4v) is 10.1. The van der Waals surface area contributed by atoms with Gasteiger partial charge in [0.1, 0.15) is 60.1 Å². The van der Waals surface area contributed by atoms with Crippen molar-refractivity contribution in [1.82, 2.24) is 52.8 Å². The number of phenols is 1. The maximum atomic E-state index is 14.6. The second-order valence-electron chi connectivity index (χ2n) is 24.3. The van der Waals surface area contributed by atoms with Crippen LogP contribution in [0, 0.1) is 5.92 Å². The fourth-order valence-electron chi connectivity index (χ4n) is 10.1. The van der Waals surface area contributed by atoms with Crippen LogP contribution in [0.1, 0.15) is 116 Å². The number of likely N-dealkylation sites (tertiary alicyclic amines) is 1. The van der Waals surface area contributed by atoms with Crippen molar-refractivity contribution in [3.05, 3.63) is 29.8 Å². The van der Waals surface area contributed by atoms with Crippen molar-refractivity contribution in [3.8, 4) is 5.75 Å². The van der Waals surface area contributed by atoms with Gasteiger partial charge in [0.2, 0.25) is 59.1 Å². The predicted octanol–water partition coefficient (Wildman–Crippen LogP) is -9.67. The van der Waals surface area contributed by atoms with Gasteiger partial charge in [-0.15, -0.1) is 0 Å². The molecule has 0 saturated carbocycles. The van der Waals surface area contributed by atoms with Gasteiger partial charge >= 0.3 is 5.97 Å². The van der Waals surface area contributed by atoms with Gasteiger partial charge in [0.25, 0.3) is 0 Å². The summed E-state index contributed by atoms with van der Waals surface area (Å²) in [6, 6.07) is -7.43. The van der Waals surface area contributed by atoms with Crippen LogP contribution in [0.4, 0.5) is 0 Å². The summed E-state index contributed by atoms with van der Waals surface area (Å²) in [7, 11) is 0. The molecule has 0 radical (unpaired) electrons. The summed E-state index contributed by atoms with van der Waals surface area (Å²) in [6.45, 7) is 3.93. The number of rotatable bonds is 47. The minimum Gasteiger partial charge on any atom is -0.508 e. The number of aliphatic carboxylic acids is 1. The lowest BCUT2D eigenvalue weighted by atomic mass is 10.0. The molecule has 10 atom stereocenters. The third-order valence-electron chi connectivity index (χ3n) is 15.5. The number of hydrogen-bond acceptors (Lipinski definition) is 19. The summed E-state index contributed by atoms with van der Waals surface area (Å²) in [4.78, 5) is 178. The highest BCUT2D eigenvalue weighted by Gasteiger charge is 2.38. The van der Waals surface area contributed by atoms with Crippen molar-refractivity contribution in [1.29, 1.82) is 0 Å². The molecule has 0 aliphatic carbocycles. The van der Waals surface area contributed by atoms with Crippen molar-refractivity contribution in [3.63, 3.8) is 0 Å². The zero-order valence-electron chi connectivity index (χ0n) is 57.9. The highest BCUT2D eigenvalue weighted by atomic mass is 16.4. The smallest absolute Gasteiger partial charge is 0.326 e. The second-order valence-corrected chi connectivity index (χ2v) is 24.3. The number of nitrogens with two attached hydrogens (primary N) is 13. The van der Waals surface area contributed by atoms with E-state index in [0.29, 0.717) is 12.0 Å². The number of carbonyl (C=O) groups is 11. The van der Waals surface area contributed by atoms with Gasteiger partial charge < -0.3 is 138 Å². The van der Waals surface area contributed by atoms with Crippen LogP contribution in [0.2, 0.25) is 0 Å². The number of guanidine groups is 6. The van der Waals surface area contributed by atoms with E-state index in [9.17, 15) is 63.0 Å². The Kier molecular flexibility index (Phi) is 39.3. The molecule has 42 heteroatoms. The van der Waals surface area contributed by atoms with Gasteiger partial charge in [-0.3, -0.25) is 77.9 Å². The maximum Gasteiger partial charge on any atom is 0.326 e. The summed E-state index contributed by atoms with van der Waals surface area (Å²) in [5.41, 5.74) is 72.9. The van der Waals surface area contributed by atoms with E-state index in [2.05, 4.69) is 77.8 Å². The fraction of sp³-hybridized carbons (Fsp3) is 0.617. The van der Waals surface area contributed by atoms with Gasteiger partial charge in [0, 0.05) is 45.8 Å². The molecular weight excluding hydrogens is 1330 g/mol. The zero-order valence-corrected chi connectivity index (χ0v) is 57.9. The topological polar surface area (TPSA) is 752 Å². The number of carboxylic acids is 1. The predicted molar refractivity (Wildman–Crippen MR) is 381 cm³/mol. The van der Waals surface area contributed by atoms with Crippen LogP contribution in [0.15, 0.2) is 54.2 Å². The van der Waals surface area contributed by atoms with Crippen LogP contribution >= 0.6 is 0 Å². The molecule has 102 heavy (non-hydrogen) atoms. The van der Waals surface area contributed by atoms with Gasteiger partial charge in [0.15, 0.2) is 35.8 Å². The van der Waals surface area contributed by atoms with Crippen molar-refractivity contribution >= 4 is 101 Å². The van der Waals surface area contributed by atoms with Crippen LogP contribution in [0.5, 0.6) is 5.75 Å². The van der Waals surface area contributed by atoms with Crippen molar-refractivity contribution in [2.45, 2.75) is 178 Å². The standard InChI is InChI=1S/C60H107N29O13/c1-31(2)44(88-51(98)40(15-8-26-78-59(70)71)82-45(92)32(3)81-46(93)35(61)29-33-18-20-34(90)21-19-33)53(100)86-39(14-7-25-77-58(68)69)49(96)84-37(12-5-23-75-56(64)65)48(95)83-36(11-4-22-74-55(62)63)47(94)80-30-43(91)89-28-10-17-42(89)52(99)85-38(13-6-24-76-57(66)67)50(97)87-41(54(101)102)16-9-27-79-60(72)73/h18-21,31-32,35-42,44,90H,4-17,22-30,61H2,1-3H3,(H,80,94)(H,81,93)(H,82,92)(H,83,95)(H,84,96)(H,85,99)(H,86,100)(H,87,97)(H,88,98)(H,101,102)(H4,62,63,74)(H4,64,65,75)(H4,66,67,76)(H4,68,69,77)(H4,70,71,78)(H4,72,73,79)/t32-,35-,36-,37-,38-,39-,40-,41-,42-,44-/m0/s1. The first-order chi connectivity index (χ1) is 48.1. The Bertz CT molecular complexity index is 3120. The lowest BCUT2D eigenvalue weighted by Gasteiger charge is -2.29. The Hall–Kier alpha value is -11.2. The molecule has 10 amide bonds. The molecule has 0 bridgehead atoms. The molecule has 42 nitrogen and oxygen atoms in total. The molecule has 1 aromatic carbocycles. The molecule has 2 rings (SSSR count). The molecule has 1 aromatic rings. The van der Waals surface area contributed by atoms with E-state index in [1.54, 1.807) is 26.0 Å². The average Bonchev–Trinajstić information content (AvgIpc) is 1.60. The molecular formula is C60H107N29O13. The van der Waals surface area contributed by atoms with Gasteiger partial charge in [-0.1, -0.05) is 26.0 Å². The van der Waals surface area contributed by atoms with Crippen LogP contribution in [-0.4, -0.2) is 229 Å². The number of benzene rings is 1. The maximum absolute atomic E-state index is 14.6. The number of phenolic OH excluding ortho intramolecular Hbond substituents is 1. The largest absolute Gasteiger partial charge is 0.508 e. The van der Waals surface area contributed by atoms with Gasteiger partial charge in [-0.2, -0.15) is 0 Å². The number of aliphatic imine (C=N–C) groups is 6. The van der Waals surface area contributed by atoms with E-state index in [-0.39, 0.29) is 177 Å². The Labute approximate surface area is 590 Å². The molecule has 0 unspecified atom stereocenters. The quantitative estimate of drug-likeness (QED) is 0.0164. The first-order valence-electron chi connectivity index (χ1n) is 33.2. The van der Waals surface area contributed by atoms with Crippen molar-refractivity contribution < 1.29 is 63.0 Å². The number of hydrogen-bond donors (Lipinski definition) is 24. The number of aromatic hydroxyl groups is 1. The number of amides is 10. The molecule has 37 N–H and O–H groups in total. The molecule has 570 valence electrons. The first kappa shape index (κ1) is 86.9. The minimum absolute atomic E-state index is 0.0106. The number of nitrogens with one attached hydrogen (secondary N) is 9.